The molecule has 2 aromatic carbocycles. The number of oxime groups is 1. The maximum Gasteiger partial charge on any atom is 0.238 e. The summed E-state index contributed by atoms with van der Waals surface area (Å²) in [5.41, 5.74) is 3.57. The van der Waals surface area contributed by atoms with Gasteiger partial charge in [0.1, 0.15) is 23.1 Å². The molecular formula is C36H46N4O6. The second kappa shape index (κ2) is 13.2. The lowest BCUT2D eigenvalue weighted by atomic mass is 9.55. The van der Waals surface area contributed by atoms with Gasteiger partial charge in [-0.3, -0.25) is 0 Å². The highest BCUT2D eigenvalue weighted by Gasteiger charge is 2.63. The summed E-state index contributed by atoms with van der Waals surface area (Å²) < 4.78 is 8.45. The van der Waals surface area contributed by atoms with E-state index < -0.39 is 23.3 Å². The molecule has 3 aromatic rings. The Kier molecular flexibility index (Phi) is 9.23. The van der Waals surface area contributed by atoms with Gasteiger partial charge in [-0.1, -0.05) is 59.6 Å². The van der Waals surface area contributed by atoms with E-state index in [9.17, 15) is 20.4 Å². The number of aliphatic hydroxyl groups is 3. The highest BCUT2D eigenvalue weighted by atomic mass is 16.6. The molecule has 1 aromatic heterocycles. The molecule has 10 heteroatoms. The monoisotopic (exact) mass is 630 g/mol. The molecule has 246 valence electrons. The zero-order valence-electron chi connectivity index (χ0n) is 26.9. The zero-order chi connectivity index (χ0) is 32.5. The number of aromatic hydroxyl groups is 1. The molecule has 10 nitrogen and oxygen atoms in total. The number of benzene rings is 2. The molecule has 1 aliphatic heterocycles. The molecule has 6 unspecified atom stereocenters. The van der Waals surface area contributed by atoms with Gasteiger partial charge in [0.15, 0.2) is 0 Å². The molecule has 0 amide bonds. The second-order valence-electron chi connectivity index (χ2n) is 13.9. The standard InChI is InChI=1S/C36H46N4O6/c1-35(2,3)46-38-29-21-32(40-30(22-37-39-40)23-11-5-4-6-12-23)36(44)34-27(29)19-24(13-7-9-17-41)26(14-8-10-18-42)33(34)28-20-25(43)15-16-31(28)45-36/h4-6,11-12,15-16,19-20,22,24,26,32-34,41-44H,7-10,13-14,17-18,21H2,1-3H3. The van der Waals surface area contributed by atoms with Crippen molar-refractivity contribution in [3.63, 3.8) is 0 Å². The topological polar surface area (TPSA) is 142 Å². The molecular weight excluding hydrogens is 584 g/mol. The van der Waals surface area contributed by atoms with Crippen LogP contribution < -0.4 is 4.74 Å². The van der Waals surface area contributed by atoms with Gasteiger partial charge in [-0.15, -0.1) is 5.10 Å². The number of phenols is 1. The number of nitrogens with zero attached hydrogens (tertiary/aromatic N) is 4. The summed E-state index contributed by atoms with van der Waals surface area (Å²) in [4.78, 5) is 6.06. The Hall–Kier alpha value is -3.73. The Morgan fingerprint density at radius 1 is 1.02 bits per heavy atom. The van der Waals surface area contributed by atoms with E-state index in [0.29, 0.717) is 18.6 Å². The minimum atomic E-state index is -1.73. The van der Waals surface area contributed by atoms with Crippen LogP contribution in [-0.4, -0.2) is 65.7 Å². The van der Waals surface area contributed by atoms with Crippen LogP contribution in [0.1, 0.15) is 83.2 Å². The van der Waals surface area contributed by atoms with Crippen LogP contribution >= 0.6 is 0 Å². The molecule has 2 aliphatic carbocycles. The number of rotatable bonds is 11. The molecule has 2 heterocycles. The van der Waals surface area contributed by atoms with Crippen LogP contribution in [0.5, 0.6) is 11.5 Å². The molecule has 4 N–H and O–H groups in total. The van der Waals surface area contributed by atoms with Crippen molar-refractivity contribution in [1.82, 2.24) is 15.0 Å². The van der Waals surface area contributed by atoms with Crippen molar-refractivity contribution < 1.29 is 30.0 Å². The first kappa shape index (κ1) is 32.2. The summed E-state index contributed by atoms with van der Waals surface area (Å²) in [6.45, 7) is 6.10. The Balaban J connectivity index is 1.56. The van der Waals surface area contributed by atoms with Crippen LogP contribution in [0.2, 0.25) is 0 Å². The van der Waals surface area contributed by atoms with E-state index in [1.54, 1.807) is 29.1 Å². The quantitative estimate of drug-likeness (QED) is 0.155. The van der Waals surface area contributed by atoms with Gasteiger partial charge in [0, 0.05) is 36.7 Å². The van der Waals surface area contributed by atoms with E-state index in [1.165, 1.54) is 0 Å². The fourth-order valence-electron chi connectivity index (χ4n) is 7.69. The Morgan fingerprint density at radius 3 is 2.48 bits per heavy atom. The summed E-state index contributed by atoms with van der Waals surface area (Å²) in [5.74, 6) is -1.67. The lowest BCUT2D eigenvalue weighted by molar-refractivity contribution is -0.225. The molecule has 46 heavy (non-hydrogen) atoms. The van der Waals surface area contributed by atoms with Crippen LogP contribution in [0.3, 0.4) is 0 Å². The summed E-state index contributed by atoms with van der Waals surface area (Å²) in [6, 6.07) is 14.2. The third kappa shape index (κ3) is 6.18. The van der Waals surface area contributed by atoms with Crippen molar-refractivity contribution in [1.29, 1.82) is 0 Å². The highest BCUT2D eigenvalue weighted by molar-refractivity contribution is 6.02. The number of aliphatic hydroxyl groups excluding tert-OH is 2. The average molecular weight is 631 g/mol. The third-order valence-electron chi connectivity index (χ3n) is 9.63. The van der Waals surface area contributed by atoms with Crippen LogP contribution in [0.4, 0.5) is 0 Å². The van der Waals surface area contributed by atoms with Crippen LogP contribution in [-0.2, 0) is 4.84 Å². The van der Waals surface area contributed by atoms with Crippen molar-refractivity contribution in [2.24, 2.45) is 22.9 Å². The number of aromatic nitrogens is 3. The summed E-state index contributed by atoms with van der Waals surface area (Å²) in [6.07, 6.45) is 8.95. The number of hydrogen-bond acceptors (Lipinski definition) is 9. The zero-order valence-corrected chi connectivity index (χ0v) is 26.9. The Labute approximate surface area is 270 Å². The molecule has 6 atom stereocenters. The molecule has 0 saturated heterocycles. The lowest BCUT2D eigenvalue weighted by Gasteiger charge is -2.56. The minimum absolute atomic E-state index is 0.0721. The van der Waals surface area contributed by atoms with Crippen LogP contribution in [0, 0.1) is 17.8 Å². The van der Waals surface area contributed by atoms with Gasteiger partial charge in [0.25, 0.3) is 0 Å². The Bertz CT molecular complexity index is 1560. The van der Waals surface area contributed by atoms with Crippen molar-refractivity contribution >= 4 is 5.71 Å². The van der Waals surface area contributed by atoms with Crippen molar-refractivity contribution in [2.75, 3.05) is 13.2 Å². The maximum absolute atomic E-state index is 13.1. The Morgan fingerprint density at radius 2 is 1.76 bits per heavy atom. The fourth-order valence-corrected chi connectivity index (χ4v) is 7.69. The van der Waals surface area contributed by atoms with Gasteiger partial charge in [-0.05, 0) is 82.1 Å². The van der Waals surface area contributed by atoms with Gasteiger partial charge >= 0.3 is 0 Å². The third-order valence-corrected chi connectivity index (χ3v) is 9.63. The highest BCUT2D eigenvalue weighted by Crippen LogP contribution is 2.62. The second-order valence-corrected chi connectivity index (χ2v) is 13.9. The average Bonchev–Trinajstić information content (AvgIpc) is 3.51. The van der Waals surface area contributed by atoms with Gasteiger partial charge in [-0.25, -0.2) is 4.68 Å². The van der Waals surface area contributed by atoms with E-state index in [2.05, 4.69) is 16.4 Å². The summed E-state index contributed by atoms with van der Waals surface area (Å²) in [5, 5.41) is 56.6. The van der Waals surface area contributed by atoms with Gasteiger partial charge in [0.2, 0.25) is 5.79 Å². The molecule has 1 saturated carbocycles. The molecule has 0 radical (unpaired) electrons. The molecule has 1 fully saturated rings. The predicted octanol–water partition coefficient (Wildman–Crippen LogP) is 5.75. The van der Waals surface area contributed by atoms with Gasteiger partial charge in [0.05, 0.1) is 23.5 Å². The van der Waals surface area contributed by atoms with Crippen molar-refractivity contribution in [2.45, 2.75) is 89.1 Å². The predicted molar refractivity (Wildman–Crippen MR) is 174 cm³/mol. The lowest BCUT2D eigenvalue weighted by Crippen LogP contribution is -2.62. The molecule has 3 aliphatic rings. The summed E-state index contributed by atoms with van der Waals surface area (Å²) in [7, 11) is 0. The number of unbranched alkanes of at least 4 members (excludes halogenated alkanes) is 2. The van der Waals surface area contributed by atoms with Crippen LogP contribution in [0.25, 0.3) is 11.3 Å². The number of allylic oxidation sites excluding steroid dienone is 1. The van der Waals surface area contributed by atoms with E-state index in [4.69, 9.17) is 14.7 Å². The maximum atomic E-state index is 13.1. The van der Waals surface area contributed by atoms with Crippen molar-refractivity contribution in [3.05, 3.63) is 71.9 Å². The first-order chi connectivity index (χ1) is 22.1. The SMILES string of the molecule is CC(C)(C)ON=C1CC(n2nncc2-c2ccccc2)C2(O)Oc3ccc(O)cc3C3C(CCCCO)C(CCCCO)C=C1C32. The van der Waals surface area contributed by atoms with Gasteiger partial charge < -0.3 is 30.0 Å². The first-order valence-corrected chi connectivity index (χ1v) is 16.5. The summed E-state index contributed by atoms with van der Waals surface area (Å²) >= 11 is 0. The van der Waals surface area contributed by atoms with Gasteiger partial charge in [-0.2, -0.15) is 0 Å². The smallest absolute Gasteiger partial charge is 0.238 e. The molecule has 6 rings (SSSR count). The van der Waals surface area contributed by atoms with Crippen molar-refractivity contribution in [3.8, 4) is 22.8 Å². The molecule has 0 spiro atoms. The fraction of sp³-hybridized carbons (Fsp3) is 0.528. The number of phenolic OH excluding ortho intramolecular Hbond substituents is 1. The van der Waals surface area contributed by atoms with E-state index >= 15 is 0 Å². The van der Waals surface area contributed by atoms with E-state index in [1.807, 2.05) is 51.1 Å². The first-order valence-electron chi connectivity index (χ1n) is 16.5. The van der Waals surface area contributed by atoms with E-state index in [-0.39, 0.29) is 43.1 Å². The minimum Gasteiger partial charge on any atom is -0.508 e. The number of hydrogen-bond donors (Lipinski definition) is 4. The number of fused-ring (bicyclic) bond motifs is 2. The van der Waals surface area contributed by atoms with E-state index in [0.717, 1.165) is 53.8 Å². The largest absolute Gasteiger partial charge is 0.508 e. The number of ether oxygens (including phenoxy) is 1. The molecule has 0 bridgehead atoms. The van der Waals surface area contributed by atoms with Crippen LogP contribution in [0.15, 0.2) is 71.5 Å². The normalized spacial score (nSPS) is 27.8.